The summed E-state index contributed by atoms with van der Waals surface area (Å²) in [5.41, 5.74) is 1.35. The molecule has 2 aromatic carbocycles. The van der Waals surface area contributed by atoms with Gasteiger partial charge >= 0.3 is 0 Å². The van der Waals surface area contributed by atoms with E-state index in [1.807, 2.05) is 0 Å². The normalized spacial score (nSPS) is 9.90. The molecular weight excluding hydrogens is 278 g/mol. The summed E-state index contributed by atoms with van der Waals surface area (Å²) in [7, 11) is 1.48. The van der Waals surface area contributed by atoms with Crippen LogP contribution in [0.15, 0.2) is 42.5 Å². The maximum absolute atomic E-state index is 12.2. The predicted octanol–water partition coefficient (Wildman–Crippen LogP) is 3.41. The van der Waals surface area contributed by atoms with Crippen LogP contribution in [0.3, 0.4) is 0 Å². The van der Waals surface area contributed by atoms with Gasteiger partial charge in [-0.05, 0) is 30.3 Å². The molecule has 20 heavy (non-hydrogen) atoms. The molecule has 0 aromatic heterocycles. The molecule has 4 nitrogen and oxygen atoms in total. The van der Waals surface area contributed by atoms with Crippen LogP contribution in [0.1, 0.15) is 20.7 Å². The molecule has 0 radical (unpaired) electrons. The van der Waals surface area contributed by atoms with Gasteiger partial charge in [0.25, 0.3) is 5.91 Å². The fraction of sp³-hybridized carbons (Fsp3) is 0.0667. The van der Waals surface area contributed by atoms with Crippen LogP contribution in [0, 0.1) is 0 Å². The van der Waals surface area contributed by atoms with E-state index in [2.05, 4.69) is 5.32 Å². The van der Waals surface area contributed by atoms with Crippen molar-refractivity contribution in [3.8, 4) is 5.75 Å². The molecule has 2 aromatic rings. The number of nitrogens with one attached hydrogen (secondary N) is 1. The quantitative estimate of drug-likeness (QED) is 0.878. The third kappa shape index (κ3) is 3.16. The second-order valence-electron chi connectivity index (χ2n) is 4.04. The summed E-state index contributed by atoms with van der Waals surface area (Å²) in [6.45, 7) is 0. The number of anilines is 1. The monoisotopic (exact) mass is 289 g/mol. The van der Waals surface area contributed by atoms with Crippen molar-refractivity contribution >= 4 is 29.5 Å². The highest BCUT2D eigenvalue weighted by Crippen LogP contribution is 2.23. The Kier molecular flexibility index (Phi) is 4.38. The van der Waals surface area contributed by atoms with Crippen molar-refractivity contribution in [1.82, 2.24) is 0 Å². The summed E-state index contributed by atoms with van der Waals surface area (Å²) in [6, 6.07) is 11.4. The summed E-state index contributed by atoms with van der Waals surface area (Å²) < 4.78 is 5.13. The van der Waals surface area contributed by atoms with Gasteiger partial charge in [0.05, 0.1) is 12.7 Å². The van der Waals surface area contributed by atoms with Crippen LogP contribution < -0.4 is 10.1 Å². The highest BCUT2D eigenvalue weighted by atomic mass is 35.5. The lowest BCUT2D eigenvalue weighted by molar-refractivity contribution is 0.102. The lowest BCUT2D eigenvalue weighted by Gasteiger charge is -2.10. The van der Waals surface area contributed by atoms with Gasteiger partial charge in [0, 0.05) is 16.3 Å². The van der Waals surface area contributed by atoms with Crippen molar-refractivity contribution < 1.29 is 14.3 Å². The molecule has 0 saturated heterocycles. The fourth-order valence-corrected chi connectivity index (χ4v) is 1.92. The van der Waals surface area contributed by atoms with E-state index in [1.54, 1.807) is 36.4 Å². The largest absolute Gasteiger partial charge is 0.496 e. The number of hydrogen-bond acceptors (Lipinski definition) is 3. The second-order valence-corrected chi connectivity index (χ2v) is 4.48. The van der Waals surface area contributed by atoms with Crippen molar-refractivity contribution in [2.75, 3.05) is 12.4 Å². The second kappa shape index (κ2) is 6.21. The molecule has 0 fully saturated rings. The Morgan fingerprint density at radius 3 is 2.75 bits per heavy atom. The molecule has 0 aliphatic heterocycles. The first-order valence-electron chi connectivity index (χ1n) is 5.84. The van der Waals surface area contributed by atoms with Crippen molar-refractivity contribution in [1.29, 1.82) is 0 Å². The zero-order valence-electron chi connectivity index (χ0n) is 10.7. The van der Waals surface area contributed by atoms with Crippen molar-refractivity contribution in [2.45, 2.75) is 0 Å². The number of hydrogen-bond donors (Lipinski definition) is 1. The molecule has 1 N–H and O–H groups in total. The number of benzene rings is 2. The van der Waals surface area contributed by atoms with Gasteiger partial charge in [-0.3, -0.25) is 9.59 Å². The third-order valence-electron chi connectivity index (χ3n) is 2.69. The Hall–Kier alpha value is -2.33. The van der Waals surface area contributed by atoms with Crippen LogP contribution in [0.2, 0.25) is 5.02 Å². The molecule has 0 spiro atoms. The number of rotatable bonds is 4. The minimum atomic E-state index is -0.354. The first-order valence-corrected chi connectivity index (χ1v) is 6.22. The van der Waals surface area contributed by atoms with E-state index in [-0.39, 0.29) is 5.91 Å². The highest BCUT2D eigenvalue weighted by Gasteiger charge is 2.13. The van der Waals surface area contributed by atoms with Crippen LogP contribution in [0.4, 0.5) is 5.69 Å². The standard InChI is InChI=1S/C15H12ClNO3/c1-20-14-6-5-11(16)8-13(14)15(19)17-12-4-2-3-10(7-12)9-18/h2-9H,1H3,(H,17,19). The Morgan fingerprint density at radius 1 is 1.25 bits per heavy atom. The molecule has 0 heterocycles. The van der Waals surface area contributed by atoms with E-state index in [9.17, 15) is 9.59 Å². The molecule has 0 aliphatic carbocycles. The average molecular weight is 290 g/mol. The Morgan fingerprint density at radius 2 is 2.05 bits per heavy atom. The van der Waals surface area contributed by atoms with Gasteiger partial charge in [-0.2, -0.15) is 0 Å². The van der Waals surface area contributed by atoms with Crippen molar-refractivity contribution in [2.24, 2.45) is 0 Å². The van der Waals surface area contributed by atoms with Crippen LogP contribution in [0.25, 0.3) is 0 Å². The first kappa shape index (κ1) is 14.1. The SMILES string of the molecule is COc1ccc(Cl)cc1C(=O)Nc1cccc(C=O)c1. The Labute approximate surface area is 121 Å². The maximum Gasteiger partial charge on any atom is 0.259 e. The van der Waals surface area contributed by atoms with E-state index < -0.39 is 0 Å². The number of methoxy groups -OCH3 is 1. The van der Waals surface area contributed by atoms with Crippen molar-refractivity contribution in [3.63, 3.8) is 0 Å². The number of aldehydes is 1. The van der Waals surface area contributed by atoms with E-state index >= 15 is 0 Å². The molecule has 102 valence electrons. The van der Waals surface area contributed by atoms with Gasteiger partial charge in [-0.15, -0.1) is 0 Å². The molecule has 1 amide bonds. The Balaban J connectivity index is 2.27. The third-order valence-corrected chi connectivity index (χ3v) is 2.92. The van der Waals surface area contributed by atoms with Gasteiger partial charge in [-0.25, -0.2) is 0 Å². The van der Waals surface area contributed by atoms with E-state index in [4.69, 9.17) is 16.3 Å². The predicted molar refractivity (Wildman–Crippen MR) is 77.8 cm³/mol. The summed E-state index contributed by atoms with van der Waals surface area (Å²) in [4.78, 5) is 22.9. The molecule has 0 unspecified atom stereocenters. The number of halogens is 1. The Bertz CT molecular complexity index is 655. The summed E-state index contributed by atoms with van der Waals surface area (Å²) >= 11 is 5.89. The lowest BCUT2D eigenvalue weighted by Crippen LogP contribution is -2.13. The first-order chi connectivity index (χ1) is 9.63. The number of ether oxygens (including phenoxy) is 1. The van der Waals surface area contributed by atoms with E-state index in [0.29, 0.717) is 27.6 Å². The zero-order valence-corrected chi connectivity index (χ0v) is 11.5. The molecule has 0 saturated carbocycles. The van der Waals surface area contributed by atoms with Crippen LogP contribution in [-0.4, -0.2) is 19.3 Å². The number of carbonyl (C=O) groups excluding carboxylic acids is 2. The summed E-state index contributed by atoms with van der Waals surface area (Å²) in [6.07, 6.45) is 0.718. The zero-order chi connectivity index (χ0) is 14.5. The summed E-state index contributed by atoms with van der Waals surface area (Å²) in [5, 5.41) is 3.14. The average Bonchev–Trinajstić information content (AvgIpc) is 2.47. The highest BCUT2D eigenvalue weighted by molar-refractivity contribution is 6.31. The summed E-state index contributed by atoms with van der Waals surface area (Å²) in [5.74, 6) is 0.0749. The molecule has 2 rings (SSSR count). The lowest BCUT2D eigenvalue weighted by atomic mass is 10.1. The number of amides is 1. The number of carbonyl (C=O) groups is 2. The van der Waals surface area contributed by atoms with Crippen LogP contribution >= 0.6 is 11.6 Å². The minimum Gasteiger partial charge on any atom is -0.496 e. The molecular formula is C15H12ClNO3. The van der Waals surface area contributed by atoms with E-state index in [0.717, 1.165) is 6.29 Å². The van der Waals surface area contributed by atoms with Crippen molar-refractivity contribution in [3.05, 3.63) is 58.6 Å². The van der Waals surface area contributed by atoms with Crippen LogP contribution in [-0.2, 0) is 0 Å². The smallest absolute Gasteiger partial charge is 0.259 e. The molecule has 0 bridgehead atoms. The maximum atomic E-state index is 12.2. The van der Waals surface area contributed by atoms with Gasteiger partial charge in [0.15, 0.2) is 0 Å². The van der Waals surface area contributed by atoms with Gasteiger partial charge in [0.2, 0.25) is 0 Å². The van der Waals surface area contributed by atoms with Crippen LogP contribution in [0.5, 0.6) is 5.75 Å². The minimum absolute atomic E-state index is 0.330. The molecule has 0 atom stereocenters. The van der Waals surface area contributed by atoms with Gasteiger partial charge in [-0.1, -0.05) is 23.7 Å². The van der Waals surface area contributed by atoms with Gasteiger partial charge in [0.1, 0.15) is 12.0 Å². The topological polar surface area (TPSA) is 55.4 Å². The fourth-order valence-electron chi connectivity index (χ4n) is 1.75. The van der Waals surface area contributed by atoms with Gasteiger partial charge < -0.3 is 10.1 Å². The molecule has 0 aliphatic rings. The molecule has 5 heteroatoms. The van der Waals surface area contributed by atoms with E-state index in [1.165, 1.54) is 13.2 Å².